The standard InChI is InChI=1S/C25H34N4O4/c1-24(2,3)29-21(30)12-19(22(29)17-14-26-28(15-17)9-10-32-6)23(31)27-18-7-8-20-16(11-18)13-25(4,5)33-20/h7-8,11,14-15,19,22H,9-10,12-13H2,1-6H3,(H,27,31). The molecule has 1 saturated heterocycles. The molecule has 2 amide bonds. The van der Waals surface area contributed by atoms with Crippen LogP contribution in [0, 0.1) is 5.92 Å². The van der Waals surface area contributed by atoms with Crippen LogP contribution in [-0.2, 0) is 27.3 Å². The molecule has 2 atom stereocenters. The number of nitrogens with zero attached hydrogens (tertiary/aromatic N) is 3. The lowest BCUT2D eigenvalue weighted by atomic mass is 9.92. The van der Waals surface area contributed by atoms with E-state index in [-0.39, 0.29) is 29.9 Å². The van der Waals surface area contributed by atoms with E-state index in [0.717, 1.165) is 29.0 Å². The molecule has 0 aliphatic carbocycles. The van der Waals surface area contributed by atoms with Gasteiger partial charge in [-0.15, -0.1) is 0 Å². The Morgan fingerprint density at radius 2 is 2.09 bits per heavy atom. The van der Waals surface area contributed by atoms with Crippen molar-refractivity contribution in [1.82, 2.24) is 14.7 Å². The Morgan fingerprint density at radius 3 is 2.79 bits per heavy atom. The van der Waals surface area contributed by atoms with Crippen LogP contribution in [0.4, 0.5) is 5.69 Å². The highest BCUT2D eigenvalue weighted by molar-refractivity contribution is 5.98. The number of amides is 2. The van der Waals surface area contributed by atoms with Crippen LogP contribution in [0.5, 0.6) is 5.75 Å². The highest BCUT2D eigenvalue weighted by Crippen LogP contribution is 2.43. The summed E-state index contributed by atoms with van der Waals surface area (Å²) in [5.41, 5.74) is 1.98. The lowest BCUT2D eigenvalue weighted by Gasteiger charge is -2.38. The molecule has 1 N–H and O–H groups in total. The maximum atomic E-state index is 13.5. The molecule has 8 heteroatoms. The summed E-state index contributed by atoms with van der Waals surface area (Å²) < 4.78 is 12.9. The number of fused-ring (bicyclic) bond motifs is 1. The molecule has 33 heavy (non-hydrogen) atoms. The number of aromatic nitrogens is 2. The normalized spacial score (nSPS) is 21.8. The van der Waals surface area contributed by atoms with E-state index < -0.39 is 11.5 Å². The first-order valence-corrected chi connectivity index (χ1v) is 11.4. The Bertz CT molecular complexity index is 1050. The molecule has 3 heterocycles. The zero-order valence-electron chi connectivity index (χ0n) is 20.3. The Balaban J connectivity index is 1.59. The highest BCUT2D eigenvalue weighted by atomic mass is 16.5. The fourth-order valence-electron chi connectivity index (χ4n) is 4.90. The van der Waals surface area contributed by atoms with Gasteiger partial charge in [0, 0.05) is 48.5 Å². The summed E-state index contributed by atoms with van der Waals surface area (Å²) >= 11 is 0. The molecule has 2 unspecified atom stereocenters. The highest BCUT2D eigenvalue weighted by Gasteiger charge is 2.49. The van der Waals surface area contributed by atoms with Crippen molar-refractivity contribution in [3.8, 4) is 5.75 Å². The van der Waals surface area contributed by atoms with Gasteiger partial charge in [0.1, 0.15) is 11.4 Å². The van der Waals surface area contributed by atoms with Gasteiger partial charge < -0.3 is 19.7 Å². The number of rotatable bonds is 6. The van der Waals surface area contributed by atoms with Crippen LogP contribution in [-0.4, -0.2) is 51.4 Å². The third-order valence-corrected chi connectivity index (χ3v) is 6.23. The number of carbonyl (C=O) groups is 2. The molecular weight excluding hydrogens is 420 g/mol. The maximum absolute atomic E-state index is 13.5. The van der Waals surface area contributed by atoms with E-state index >= 15 is 0 Å². The number of likely N-dealkylation sites (tertiary alicyclic amines) is 1. The van der Waals surface area contributed by atoms with Crippen LogP contribution in [0.3, 0.4) is 0 Å². The fourth-order valence-corrected chi connectivity index (χ4v) is 4.90. The lowest BCUT2D eigenvalue weighted by molar-refractivity contribution is -0.133. The number of nitrogens with one attached hydrogen (secondary N) is 1. The van der Waals surface area contributed by atoms with Gasteiger partial charge >= 0.3 is 0 Å². The minimum Gasteiger partial charge on any atom is -0.487 e. The van der Waals surface area contributed by atoms with E-state index in [2.05, 4.69) is 10.4 Å². The van der Waals surface area contributed by atoms with E-state index in [1.165, 1.54) is 0 Å². The average Bonchev–Trinajstić information content (AvgIpc) is 3.39. The largest absolute Gasteiger partial charge is 0.487 e. The van der Waals surface area contributed by atoms with Gasteiger partial charge in [-0.25, -0.2) is 0 Å². The van der Waals surface area contributed by atoms with Gasteiger partial charge in [0.15, 0.2) is 0 Å². The van der Waals surface area contributed by atoms with Crippen LogP contribution in [0.15, 0.2) is 30.6 Å². The van der Waals surface area contributed by atoms with E-state index in [1.54, 1.807) is 18.0 Å². The monoisotopic (exact) mass is 454 g/mol. The van der Waals surface area contributed by atoms with E-state index in [0.29, 0.717) is 13.2 Å². The van der Waals surface area contributed by atoms with Crippen molar-refractivity contribution >= 4 is 17.5 Å². The summed E-state index contributed by atoms with van der Waals surface area (Å²) in [5, 5.41) is 7.48. The number of benzene rings is 1. The summed E-state index contributed by atoms with van der Waals surface area (Å²) in [5.74, 6) is 0.149. The maximum Gasteiger partial charge on any atom is 0.230 e. The van der Waals surface area contributed by atoms with Crippen molar-refractivity contribution < 1.29 is 19.1 Å². The Kier molecular flexibility index (Phi) is 5.99. The van der Waals surface area contributed by atoms with Crippen molar-refractivity contribution in [3.05, 3.63) is 41.7 Å². The van der Waals surface area contributed by atoms with Crippen molar-refractivity contribution in [3.63, 3.8) is 0 Å². The van der Waals surface area contributed by atoms with Crippen LogP contribution in [0.2, 0.25) is 0 Å². The second-order valence-corrected chi connectivity index (χ2v) is 10.6. The van der Waals surface area contributed by atoms with Crippen LogP contribution in [0.1, 0.15) is 58.2 Å². The van der Waals surface area contributed by atoms with Crippen molar-refractivity contribution in [1.29, 1.82) is 0 Å². The van der Waals surface area contributed by atoms with E-state index in [9.17, 15) is 9.59 Å². The zero-order valence-corrected chi connectivity index (χ0v) is 20.3. The van der Waals surface area contributed by atoms with Crippen LogP contribution >= 0.6 is 0 Å². The van der Waals surface area contributed by atoms with E-state index in [1.807, 2.05) is 63.9 Å². The summed E-state index contributed by atoms with van der Waals surface area (Å²) in [7, 11) is 1.65. The topological polar surface area (TPSA) is 85.7 Å². The first kappa shape index (κ1) is 23.3. The molecule has 4 rings (SSSR count). The minimum atomic E-state index is -0.516. The molecular formula is C25H34N4O4. The SMILES string of the molecule is COCCn1cc(C2C(C(=O)Nc3ccc4c(c3)CC(C)(C)O4)CC(=O)N2C(C)(C)C)cn1. The smallest absolute Gasteiger partial charge is 0.230 e. The number of methoxy groups -OCH3 is 1. The van der Waals surface area contributed by atoms with Crippen LogP contribution in [0.25, 0.3) is 0 Å². The first-order chi connectivity index (χ1) is 15.5. The number of anilines is 1. The van der Waals surface area contributed by atoms with Gasteiger partial charge in [0.25, 0.3) is 0 Å². The van der Waals surface area contributed by atoms with Gasteiger partial charge in [0.05, 0.1) is 31.3 Å². The summed E-state index contributed by atoms with van der Waals surface area (Å²) in [4.78, 5) is 28.3. The van der Waals surface area contributed by atoms with Gasteiger partial charge in [-0.1, -0.05) is 0 Å². The molecule has 0 saturated carbocycles. The van der Waals surface area contributed by atoms with Crippen molar-refractivity contribution in [2.45, 2.75) is 71.2 Å². The van der Waals surface area contributed by atoms with Crippen LogP contribution < -0.4 is 10.1 Å². The van der Waals surface area contributed by atoms with E-state index in [4.69, 9.17) is 9.47 Å². The third kappa shape index (κ3) is 4.76. The predicted octanol–water partition coefficient (Wildman–Crippen LogP) is 3.57. The molecule has 1 aromatic carbocycles. The number of hydrogen-bond acceptors (Lipinski definition) is 5. The molecule has 1 fully saturated rings. The lowest BCUT2D eigenvalue weighted by Crippen LogP contribution is -2.44. The van der Waals surface area contributed by atoms with Crippen molar-refractivity contribution in [2.24, 2.45) is 5.92 Å². The average molecular weight is 455 g/mol. The Hall–Kier alpha value is -2.87. The third-order valence-electron chi connectivity index (χ3n) is 6.23. The number of carbonyl (C=O) groups excluding carboxylic acids is 2. The second-order valence-electron chi connectivity index (χ2n) is 10.6. The zero-order chi connectivity index (χ0) is 24.0. The fraction of sp³-hybridized carbons (Fsp3) is 0.560. The molecule has 178 valence electrons. The molecule has 0 radical (unpaired) electrons. The molecule has 2 aliphatic rings. The van der Waals surface area contributed by atoms with Gasteiger partial charge in [-0.3, -0.25) is 14.3 Å². The molecule has 2 aliphatic heterocycles. The molecule has 0 spiro atoms. The Morgan fingerprint density at radius 1 is 1.33 bits per heavy atom. The minimum absolute atomic E-state index is 0.0265. The molecule has 2 aromatic rings. The first-order valence-electron chi connectivity index (χ1n) is 11.4. The quantitative estimate of drug-likeness (QED) is 0.721. The number of ether oxygens (including phenoxy) is 2. The van der Waals surface area contributed by atoms with Gasteiger partial charge in [-0.2, -0.15) is 5.10 Å². The Labute approximate surface area is 195 Å². The van der Waals surface area contributed by atoms with Crippen molar-refractivity contribution in [2.75, 3.05) is 19.0 Å². The van der Waals surface area contributed by atoms with Gasteiger partial charge in [0.2, 0.25) is 11.8 Å². The summed E-state index contributed by atoms with van der Waals surface area (Å²) in [6.45, 7) is 11.2. The molecule has 1 aromatic heterocycles. The predicted molar refractivity (Wildman–Crippen MR) is 125 cm³/mol. The second kappa shape index (κ2) is 8.48. The summed E-state index contributed by atoms with van der Waals surface area (Å²) in [6.07, 6.45) is 4.62. The molecule has 8 nitrogen and oxygen atoms in total. The molecule has 0 bridgehead atoms. The number of hydrogen-bond donors (Lipinski definition) is 1. The summed E-state index contributed by atoms with van der Waals surface area (Å²) in [6, 6.07) is 5.34. The van der Waals surface area contributed by atoms with Gasteiger partial charge in [-0.05, 0) is 52.8 Å².